The maximum atomic E-state index is 12.0. The molecule has 6 nitrogen and oxygen atoms in total. The van der Waals surface area contributed by atoms with Crippen LogP contribution >= 0.6 is 0 Å². The molecule has 2 aromatic rings. The molecule has 124 valence electrons. The van der Waals surface area contributed by atoms with Crippen molar-refractivity contribution < 1.29 is 19.1 Å². The fraction of sp³-hybridized carbons (Fsp3) is 0.222. The number of nitrogens with one attached hydrogen (secondary N) is 1. The zero-order valence-corrected chi connectivity index (χ0v) is 13.5. The van der Waals surface area contributed by atoms with Crippen LogP contribution in [0.25, 0.3) is 0 Å². The minimum atomic E-state index is -0.534. The summed E-state index contributed by atoms with van der Waals surface area (Å²) in [6.07, 6.45) is -1.03. The lowest BCUT2D eigenvalue weighted by Crippen LogP contribution is -2.42. The van der Waals surface area contributed by atoms with Gasteiger partial charge in [-0.3, -0.25) is 4.79 Å². The third kappa shape index (κ3) is 3.32. The van der Waals surface area contributed by atoms with E-state index in [1.807, 2.05) is 18.2 Å². The molecule has 0 bridgehead atoms. The third-order valence-corrected chi connectivity index (χ3v) is 3.76. The maximum Gasteiger partial charge on any atom is 0.412 e. The fourth-order valence-corrected chi connectivity index (χ4v) is 2.47. The molecule has 1 aliphatic rings. The molecule has 1 atom stereocenters. The zero-order chi connectivity index (χ0) is 17.1. The number of hydrogen-bond acceptors (Lipinski definition) is 4. The molecule has 1 N–H and O–H groups in total. The number of para-hydroxylation sites is 1. The van der Waals surface area contributed by atoms with Gasteiger partial charge in [-0.2, -0.15) is 0 Å². The monoisotopic (exact) mass is 326 g/mol. The Morgan fingerprint density at radius 3 is 2.75 bits per heavy atom. The van der Waals surface area contributed by atoms with Crippen molar-refractivity contribution in [3.63, 3.8) is 0 Å². The molecular weight excluding hydrogens is 308 g/mol. The molecule has 6 heteroatoms. The normalized spacial score (nSPS) is 16.2. The van der Waals surface area contributed by atoms with E-state index in [4.69, 9.17) is 9.47 Å². The molecule has 2 aromatic carbocycles. The number of amides is 2. The first-order chi connectivity index (χ1) is 11.5. The molecule has 1 unspecified atom stereocenters. The van der Waals surface area contributed by atoms with Gasteiger partial charge < -0.3 is 19.7 Å². The number of ether oxygens (including phenoxy) is 2. The van der Waals surface area contributed by atoms with E-state index in [0.29, 0.717) is 17.2 Å². The van der Waals surface area contributed by atoms with Crippen molar-refractivity contribution in [1.82, 2.24) is 5.32 Å². The van der Waals surface area contributed by atoms with Gasteiger partial charge in [0, 0.05) is 13.6 Å². The van der Waals surface area contributed by atoms with Gasteiger partial charge in [0.05, 0.1) is 5.69 Å². The molecule has 1 aliphatic heterocycles. The van der Waals surface area contributed by atoms with Gasteiger partial charge in [-0.05, 0) is 36.8 Å². The molecule has 0 saturated heterocycles. The minimum absolute atomic E-state index is 0.101. The summed E-state index contributed by atoms with van der Waals surface area (Å²) in [7, 11) is 1.71. The summed E-state index contributed by atoms with van der Waals surface area (Å²) in [6, 6.07) is 14.3. The van der Waals surface area contributed by atoms with Crippen LogP contribution in [0.5, 0.6) is 11.5 Å². The summed E-state index contributed by atoms with van der Waals surface area (Å²) in [5, 5.41) is 2.68. The molecule has 0 radical (unpaired) electrons. The van der Waals surface area contributed by atoms with Crippen molar-refractivity contribution >= 4 is 17.7 Å². The predicted octanol–water partition coefficient (Wildman–Crippen LogP) is 2.72. The van der Waals surface area contributed by atoms with Crippen LogP contribution in [0.2, 0.25) is 0 Å². The minimum Gasteiger partial charge on any atom is -0.479 e. The van der Waals surface area contributed by atoms with Crippen LogP contribution in [0.1, 0.15) is 12.5 Å². The molecule has 2 amide bonds. The van der Waals surface area contributed by atoms with E-state index in [-0.39, 0.29) is 12.5 Å². The lowest BCUT2D eigenvalue weighted by atomic mass is 10.1. The Bertz CT molecular complexity index is 761. The van der Waals surface area contributed by atoms with Crippen molar-refractivity contribution in [2.75, 3.05) is 11.9 Å². The maximum absolute atomic E-state index is 12.0. The van der Waals surface area contributed by atoms with Crippen LogP contribution in [-0.2, 0) is 11.3 Å². The summed E-state index contributed by atoms with van der Waals surface area (Å²) in [5.41, 5.74) is 1.53. The van der Waals surface area contributed by atoms with Gasteiger partial charge in [0.25, 0.3) is 5.91 Å². The van der Waals surface area contributed by atoms with Crippen LogP contribution in [0.4, 0.5) is 10.5 Å². The van der Waals surface area contributed by atoms with E-state index < -0.39 is 12.2 Å². The van der Waals surface area contributed by atoms with Crippen LogP contribution in [-0.4, -0.2) is 25.2 Å². The largest absolute Gasteiger partial charge is 0.479 e. The Labute approximate surface area is 140 Å². The van der Waals surface area contributed by atoms with Gasteiger partial charge in [0.1, 0.15) is 11.5 Å². The highest BCUT2D eigenvalue weighted by Crippen LogP contribution is 2.33. The topological polar surface area (TPSA) is 67.9 Å². The lowest BCUT2D eigenvalue weighted by molar-refractivity contribution is -0.125. The van der Waals surface area contributed by atoms with Gasteiger partial charge in [0.2, 0.25) is 0 Å². The van der Waals surface area contributed by atoms with Gasteiger partial charge in [-0.15, -0.1) is 0 Å². The molecule has 0 aliphatic carbocycles. The number of carbonyl (C=O) groups is 2. The first kappa shape index (κ1) is 15.9. The first-order valence-electron chi connectivity index (χ1n) is 7.62. The van der Waals surface area contributed by atoms with E-state index >= 15 is 0 Å². The van der Waals surface area contributed by atoms with Crippen LogP contribution < -0.4 is 19.7 Å². The zero-order valence-electron chi connectivity index (χ0n) is 13.5. The molecule has 0 aromatic heterocycles. The van der Waals surface area contributed by atoms with Crippen molar-refractivity contribution in [3.8, 4) is 11.5 Å². The summed E-state index contributed by atoms with van der Waals surface area (Å²) >= 11 is 0. The van der Waals surface area contributed by atoms with Gasteiger partial charge in [-0.1, -0.05) is 24.3 Å². The fourth-order valence-electron chi connectivity index (χ4n) is 2.47. The van der Waals surface area contributed by atoms with Gasteiger partial charge >= 0.3 is 6.09 Å². The smallest absolute Gasteiger partial charge is 0.412 e. The summed E-state index contributed by atoms with van der Waals surface area (Å²) in [4.78, 5) is 25.4. The van der Waals surface area contributed by atoms with Crippen molar-refractivity contribution in [2.45, 2.75) is 19.6 Å². The summed E-state index contributed by atoms with van der Waals surface area (Å²) in [6.45, 7) is 2.01. The quantitative estimate of drug-likeness (QED) is 0.942. The number of rotatable bonds is 3. The second-order valence-corrected chi connectivity index (χ2v) is 5.52. The Morgan fingerprint density at radius 2 is 2.00 bits per heavy atom. The second kappa shape index (κ2) is 6.62. The Morgan fingerprint density at radius 1 is 1.25 bits per heavy atom. The van der Waals surface area contributed by atoms with E-state index in [1.165, 1.54) is 0 Å². The molecule has 24 heavy (non-hydrogen) atoms. The number of likely N-dealkylation sites (N-methyl/N-ethyl adjacent to an activating group) is 1. The van der Waals surface area contributed by atoms with Crippen molar-refractivity contribution in [1.29, 1.82) is 0 Å². The Hall–Kier alpha value is -3.02. The molecule has 0 spiro atoms. The average Bonchev–Trinajstić information content (AvgIpc) is 2.59. The molecule has 0 fully saturated rings. The number of carbonyl (C=O) groups excluding carboxylic acids is 2. The van der Waals surface area contributed by atoms with E-state index in [1.54, 1.807) is 49.2 Å². The molecular formula is C18H18N2O4. The summed E-state index contributed by atoms with van der Waals surface area (Å²) < 4.78 is 10.7. The average molecular weight is 326 g/mol. The highest BCUT2D eigenvalue weighted by Gasteiger charge is 2.28. The molecule has 0 saturated carbocycles. The number of fused-ring (bicyclic) bond motifs is 1. The number of nitrogens with zero attached hydrogens (tertiary/aromatic N) is 1. The molecule has 3 rings (SSSR count). The van der Waals surface area contributed by atoms with Crippen molar-refractivity contribution in [2.24, 2.45) is 0 Å². The number of benzene rings is 2. The van der Waals surface area contributed by atoms with Crippen LogP contribution in [0.15, 0.2) is 48.5 Å². The second-order valence-electron chi connectivity index (χ2n) is 5.52. The Kier molecular flexibility index (Phi) is 4.37. The van der Waals surface area contributed by atoms with Crippen LogP contribution in [0, 0.1) is 0 Å². The van der Waals surface area contributed by atoms with E-state index in [2.05, 4.69) is 5.32 Å². The van der Waals surface area contributed by atoms with Crippen molar-refractivity contribution in [3.05, 3.63) is 54.1 Å². The van der Waals surface area contributed by atoms with E-state index in [0.717, 1.165) is 5.56 Å². The van der Waals surface area contributed by atoms with Gasteiger partial charge in [0.15, 0.2) is 6.10 Å². The highest BCUT2D eigenvalue weighted by atomic mass is 16.6. The Balaban J connectivity index is 1.64. The number of anilines is 1. The van der Waals surface area contributed by atoms with E-state index in [9.17, 15) is 9.59 Å². The number of hydrogen-bond donors (Lipinski definition) is 1. The highest BCUT2D eigenvalue weighted by molar-refractivity contribution is 5.99. The van der Waals surface area contributed by atoms with Crippen LogP contribution in [0.3, 0.4) is 0 Å². The molecule has 1 heterocycles. The SMILES string of the molecule is CC1Oc2ccc(CNC(=O)Oc3ccccc3)cc2N(C)C1=O. The summed E-state index contributed by atoms with van der Waals surface area (Å²) in [5.74, 6) is 1.03. The van der Waals surface area contributed by atoms with Gasteiger partial charge in [-0.25, -0.2) is 4.79 Å². The third-order valence-electron chi connectivity index (χ3n) is 3.76. The lowest BCUT2D eigenvalue weighted by Gasteiger charge is -2.30. The predicted molar refractivity (Wildman–Crippen MR) is 89.2 cm³/mol. The standard InChI is InChI=1S/C18H18N2O4/c1-12-17(21)20(2)15-10-13(8-9-16(15)23-12)11-19-18(22)24-14-6-4-3-5-7-14/h3-10,12H,11H2,1-2H3,(H,19,22). The first-order valence-corrected chi connectivity index (χ1v) is 7.62.